The van der Waals surface area contributed by atoms with Crippen LogP contribution in [0.2, 0.25) is 0 Å². The SMILES string of the molecule is C#Cc1cc(C(=O)NCc2ccc3c(c2)NC(=O)CO3)ncn1. The van der Waals surface area contributed by atoms with Gasteiger partial charge in [0.05, 0.1) is 5.69 Å². The maximum absolute atomic E-state index is 12.1. The van der Waals surface area contributed by atoms with E-state index in [1.54, 1.807) is 12.1 Å². The van der Waals surface area contributed by atoms with Crippen molar-refractivity contribution in [3.05, 3.63) is 47.5 Å². The number of terminal acetylenes is 1. The molecule has 114 valence electrons. The topological polar surface area (TPSA) is 93.2 Å². The number of ether oxygens (including phenoxy) is 1. The minimum atomic E-state index is -0.359. The number of hydrogen-bond acceptors (Lipinski definition) is 5. The molecular formula is C16H12N4O3. The average molecular weight is 308 g/mol. The quantitative estimate of drug-likeness (QED) is 0.815. The van der Waals surface area contributed by atoms with E-state index >= 15 is 0 Å². The highest BCUT2D eigenvalue weighted by molar-refractivity contribution is 5.95. The van der Waals surface area contributed by atoms with Crippen LogP contribution in [-0.4, -0.2) is 28.4 Å². The van der Waals surface area contributed by atoms with Crippen molar-refractivity contribution >= 4 is 17.5 Å². The summed E-state index contributed by atoms with van der Waals surface area (Å²) in [6, 6.07) is 6.75. The molecule has 1 aliphatic heterocycles. The molecule has 2 aromatic rings. The summed E-state index contributed by atoms with van der Waals surface area (Å²) in [4.78, 5) is 31.1. The first-order chi connectivity index (χ1) is 11.2. The van der Waals surface area contributed by atoms with Crippen LogP contribution in [0.25, 0.3) is 0 Å². The molecule has 1 aliphatic rings. The zero-order valence-corrected chi connectivity index (χ0v) is 12.0. The van der Waals surface area contributed by atoms with Crippen LogP contribution in [0, 0.1) is 12.3 Å². The highest BCUT2D eigenvalue weighted by atomic mass is 16.5. The number of anilines is 1. The summed E-state index contributed by atoms with van der Waals surface area (Å²) in [6.45, 7) is 0.283. The molecular weight excluding hydrogens is 296 g/mol. The molecule has 2 heterocycles. The van der Waals surface area contributed by atoms with Gasteiger partial charge in [-0.3, -0.25) is 9.59 Å². The fraction of sp³-hybridized carbons (Fsp3) is 0.125. The number of hydrogen-bond donors (Lipinski definition) is 2. The zero-order valence-electron chi connectivity index (χ0n) is 12.0. The van der Waals surface area contributed by atoms with Crippen molar-refractivity contribution < 1.29 is 14.3 Å². The monoisotopic (exact) mass is 308 g/mol. The highest BCUT2D eigenvalue weighted by Gasteiger charge is 2.16. The number of carbonyl (C=O) groups is 2. The molecule has 0 atom stereocenters. The van der Waals surface area contributed by atoms with E-state index in [1.165, 1.54) is 12.4 Å². The fourth-order valence-corrected chi connectivity index (χ4v) is 2.07. The van der Waals surface area contributed by atoms with Crippen molar-refractivity contribution in [1.29, 1.82) is 0 Å². The van der Waals surface area contributed by atoms with Crippen molar-refractivity contribution in [1.82, 2.24) is 15.3 Å². The summed E-state index contributed by atoms with van der Waals surface area (Å²) in [5, 5.41) is 5.45. The molecule has 2 N–H and O–H groups in total. The molecule has 7 nitrogen and oxygen atoms in total. The third kappa shape index (κ3) is 3.27. The summed E-state index contributed by atoms with van der Waals surface area (Å²) < 4.78 is 5.28. The first-order valence-electron chi connectivity index (χ1n) is 6.78. The summed E-state index contributed by atoms with van der Waals surface area (Å²) in [5.41, 5.74) is 1.94. The van der Waals surface area contributed by atoms with Crippen LogP contribution in [0.4, 0.5) is 5.69 Å². The maximum Gasteiger partial charge on any atom is 0.270 e. The minimum absolute atomic E-state index is 0.00824. The lowest BCUT2D eigenvalue weighted by Crippen LogP contribution is -2.26. The third-order valence-corrected chi connectivity index (χ3v) is 3.18. The lowest BCUT2D eigenvalue weighted by Gasteiger charge is -2.18. The van der Waals surface area contributed by atoms with E-state index in [0.29, 0.717) is 17.1 Å². The molecule has 0 radical (unpaired) electrons. The van der Waals surface area contributed by atoms with Gasteiger partial charge in [0.15, 0.2) is 6.61 Å². The lowest BCUT2D eigenvalue weighted by atomic mass is 10.1. The van der Waals surface area contributed by atoms with Crippen LogP contribution in [0.1, 0.15) is 21.7 Å². The minimum Gasteiger partial charge on any atom is -0.482 e. The molecule has 0 spiro atoms. The van der Waals surface area contributed by atoms with E-state index in [0.717, 1.165) is 5.56 Å². The maximum atomic E-state index is 12.1. The van der Waals surface area contributed by atoms with Crippen LogP contribution < -0.4 is 15.4 Å². The van der Waals surface area contributed by atoms with E-state index in [9.17, 15) is 9.59 Å². The molecule has 2 amide bonds. The van der Waals surface area contributed by atoms with Crippen LogP contribution >= 0.6 is 0 Å². The van der Waals surface area contributed by atoms with Crippen LogP contribution in [0.15, 0.2) is 30.6 Å². The van der Waals surface area contributed by atoms with E-state index in [2.05, 4.69) is 26.5 Å². The van der Waals surface area contributed by atoms with Gasteiger partial charge in [0.25, 0.3) is 11.8 Å². The molecule has 1 aromatic carbocycles. The number of rotatable bonds is 3. The van der Waals surface area contributed by atoms with Gasteiger partial charge < -0.3 is 15.4 Å². The highest BCUT2D eigenvalue weighted by Crippen LogP contribution is 2.28. The zero-order chi connectivity index (χ0) is 16.2. The second-order valence-electron chi connectivity index (χ2n) is 4.78. The Balaban J connectivity index is 1.68. The van der Waals surface area contributed by atoms with Crippen LogP contribution in [-0.2, 0) is 11.3 Å². The average Bonchev–Trinajstić information content (AvgIpc) is 2.59. The number of nitrogens with zero attached hydrogens (tertiary/aromatic N) is 2. The first kappa shape index (κ1) is 14.5. The fourth-order valence-electron chi connectivity index (χ4n) is 2.07. The van der Waals surface area contributed by atoms with Crippen molar-refractivity contribution in [3.8, 4) is 18.1 Å². The van der Waals surface area contributed by atoms with E-state index < -0.39 is 0 Å². The largest absolute Gasteiger partial charge is 0.482 e. The van der Waals surface area contributed by atoms with Crippen molar-refractivity contribution in [2.24, 2.45) is 0 Å². The Hall–Kier alpha value is -3.40. The first-order valence-corrected chi connectivity index (χ1v) is 6.78. The molecule has 7 heteroatoms. The van der Waals surface area contributed by atoms with Crippen molar-refractivity contribution in [3.63, 3.8) is 0 Å². The third-order valence-electron chi connectivity index (χ3n) is 3.18. The molecule has 1 aromatic heterocycles. The lowest BCUT2D eigenvalue weighted by molar-refractivity contribution is -0.118. The van der Waals surface area contributed by atoms with E-state index in [-0.39, 0.29) is 30.7 Å². The second-order valence-corrected chi connectivity index (χ2v) is 4.78. The predicted octanol–water partition coefficient (Wildman–Crippen LogP) is 0.719. The summed E-state index contributed by atoms with van der Waals surface area (Å²) >= 11 is 0. The van der Waals surface area contributed by atoms with E-state index in [4.69, 9.17) is 11.2 Å². The van der Waals surface area contributed by atoms with Gasteiger partial charge in [-0.1, -0.05) is 12.0 Å². The van der Waals surface area contributed by atoms with Crippen LogP contribution in [0.3, 0.4) is 0 Å². The van der Waals surface area contributed by atoms with Gasteiger partial charge in [0.1, 0.15) is 23.5 Å². The second kappa shape index (κ2) is 6.15. The Morgan fingerprint density at radius 2 is 2.26 bits per heavy atom. The Labute approximate surface area is 132 Å². The molecule has 0 bridgehead atoms. The molecule has 0 saturated carbocycles. The summed E-state index contributed by atoms with van der Waals surface area (Å²) in [5.74, 6) is 2.39. The molecule has 0 aliphatic carbocycles. The number of benzene rings is 1. The Kier molecular flexibility index (Phi) is 3.89. The summed E-state index contributed by atoms with van der Waals surface area (Å²) in [6.07, 6.45) is 6.49. The van der Waals surface area contributed by atoms with Gasteiger partial charge in [-0.2, -0.15) is 0 Å². The summed E-state index contributed by atoms with van der Waals surface area (Å²) in [7, 11) is 0. The van der Waals surface area contributed by atoms with Gasteiger partial charge in [0.2, 0.25) is 0 Å². The number of carbonyl (C=O) groups excluding carboxylic acids is 2. The number of fused-ring (bicyclic) bond motifs is 1. The normalized spacial score (nSPS) is 12.4. The Morgan fingerprint density at radius 3 is 3.09 bits per heavy atom. The van der Waals surface area contributed by atoms with Gasteiger partial charge >= 0.3 is 0 Å². The Bertz CT molecular complexity index is 826. The number of amides is 2. The molecule has 0 unspecified atom stereocenters. The Morgan fingerprint density at radius 1 is 1.39 bits per heavy atom. The van der Waals surface area contributed by atoms with Gasteiger partial charge in [0, 0.05) is 12.6 Å². The number of nitrogens with one attached hydrogen (secondary N) is 2. The van der Waals surface area contributed by atoms with Crippen LogP contribution in [0.5, 0.6) is 5.75 Å². The molecule has 0 fully saturated rings. The molecule has 23 heavy (non-hydrogen) atoms. The predicted molar refractivity (Wildman–Crippen MR) is 81.7 cm³/mol. The van der Waals surface area contributed by atoms with Crippen molar-refractivity contribution in [2.45, 2.75) is 6.54 Å². The smallest absolute Gasteiger partial charge is 0.270 e. The van der Waals surface area contributed by atoms with Gasteiger partial charge in [-0.25, -0.2) is 9.97 Å². The van der Waals surface area contributed by atoms with E-state index in [1.807, 2.05) is 6.07 Å². The molecule has 0 saturated heterocycles. The van der Waals surface area contributed by atoms with Gasteiger partial charge in [-0.15, -0.1) is 6.42 Å². The van der Waals surface area contributed by atoms with Crippen molar-refractivity contribution in [2.75, 3.05) is 11.9 Å². The van der Waals surface area contributed by atoms with Gasteiger partial charge in [-0.05, 0) is 17.7 Å². The standard InChI is InChI=1S/C16H12N4O3/c1-2-11-6-13(19-9-18-11)16(22)17-7-10-3-4-14-12(5-10)20-15(21)8-23-14/h1,3-6,9H,7-8H2,(H,17,22)(H,20,21). The number of aromatic nitrogens is 2. The molecule has 3 rings (SSSR count).